The van der Waals surface area contributed by atoms with E-state index < -0.39 is 0 Å². The lowest BCUT2D eigenvalue weighted by Gasteiger charge is -2.23. The quantitative estimate of drug-likeness (QED) is 0.768. The van der Waals surface area contributed by atoms with Crippen LogP contribution in [-0.2, 0) is 16.1 Å². The fourth-order valence-electron chi connectivity index (χ4n) is 1.78. The minimum atomic E-state index is -0.276. The van der Waals surface area contributed by atoms with Crippen molar-refractivity contribution >= 4 is 5.91 Å². The molecule has 6 nitrogen and oxygen atoms in total. The van der Waals surface area contributed by atoms with Crippen molar-refractivity contribution in [2.75, 3.05) is 26.9 Å². The third kappa shape index (κ3) is 3.18. The molecule has 1 atom stereocenters. The van der Waals surface area contributed by atoms with Gasteiger partial charge in [0.15, 0.2) is 0 Å². The van der Waals surface area contributed by atoms with Crippen molar-refractivity contribution in [3.05, 3.63) is 23.9 Å². The van der Waals surface area contributed by atoms with Crippen LogP contribution in [0.3, 0.4) is 0 Å². The Kier molecular flexibility index (Phi) is 4.49. The lowest BCUT2D eigenvalue weighted by atomic mass is 10.2. The van der Waals surface area contributed by atoms with Gasteiger partial charge in [0, 0.05) is 24.8 Å². The van der Waals surface area contributed by atoms with Gasteiger partial charge in [-0.2, -0.15) is 0 Å². The van der Waals surface area contributed by atoms with Crippen molar-refractivity contribution < 1.29 is 14.3 Å². The molecule has 0 spiro atoms. The van der Waals surface area contributed by atoms with Crippen LogP contribution in [0.2, 0.25) is 0 Å². The number of pyridine rings is 1. The van der Waals surface area contributed by atoms with Gasteiger partial charge in [0.2, 0.25) is 11.8 Å². The first-order valence-corrected chi connectivity index (χ1v) is 5.88. The van der Waals surface area contributed by atoms with E-state index >= 15 is 0 Å². The molecule has 6 heteroatoms. The number of nitrogens with zero attached hydrogens (tertiary/aromatic N) is 1. The maximum Gasteiger partial charge on any atom is 0.239 e. The minimum Gasteiger partial charge on any atom is -0.481 e. The number of carbonyl (C=O) groups is 1. The van der Waals surface area contributed by atoms with Gasteiger partial charge in [-0.05, 0) is 6.07 Å². The Balaban J connectivity index is 1.88. The summed E-state index contributed by atoms with van der Waals surface area (Å²) < 4.78 is 10.4. The van der Waals surface area contributed by atoms with Crippen LogP contribution in [0.15, 0.2) is 18.3 Å². The van der Waals surface area contributed by atoms with E-state index in [0.717, 1.165) is 5.56 Å². The number of amides is 1. The van der Waals surface area contributed by atoms with Gasteiger partial charge < -0.3 is 20.1 Å². The van der Waals surface area contributed by atoms with Crippen LogP contribution in [-0.4, -0.2) is 43.8 Å². The van der Waals surface area contributed by atoms with Crippen molar-refractivity contribution in [3.63, 3.8) is 0 Å². The van der Waals surface area contributed by atoms with E-state index in [1.165, 1.54) is 0 Å². The van der Waals surface area contributed by atoms with Crippen LogP contribution in [0.5, 0.6) is 5.88 Å². The average Bonchev–Trinajstić information content (AvgIpc) is 2.46. The van der Waals surface area contributed by atoms with E-state index in [1.807, 2.05) is 12.1 Å². The van der Waals surface area contributed by atoms with Gasteiger partial charge in [0.05, 0.1) is 20.3 Å². The van der Waals surface area contributed by atoms with Crippen molar-refractivity contribution in [1.29, 1.82) is 0 Å². The lowest BCUT2D eigenvalue weighted by Crippen LogP contribution is -2.51. The first-order chi connectivity index (χ1) is 8.81. The molecule has 1 aromatic heterocycles. The summed E-state index contributed by atoms with van der Waals surface area (Å²) in [5, 5.41) is 5.94. The Morgan fingerprint density at radius 1 is 1.72 bits per heavy atom. The molecule has 2 N–H and O–H groups in total. The Morgan fingerprint density at radius 3 is 3.33 bits per heavy atom. The van der Waals surface area contributed by atoms with Gasteiger partial charge in [-0.1, -0.05) is 6.07 Å². The fourth-order valence-corrected chi connectivity index (χ4v) is 1.78. The van der Waals surface area contributed by atoms with Gasteiger partial charge in [-0.3, -0.25) is 4.79 Å². The van der Waals surface area contributed by atoms with E-state index in [0.29, 0.717) is 32.2 Å². The molecule has 0 radical (unpaired) electrons. The summed E-state index contributed by atoms with van der Waals surface area (Å²) in [6.07, 6.45) is 1.65. The predicted molar refractivity (Wildman–Crippen MR) is 65.2 cm³/mol. The topological polar surface area (TPSA) is 72.5 Å². The minimum absolute atomic E-state index is 0.0689. The van der Waals surface area contributed by atoms with Crippen LogP contribution < -0.4 is 15.4 Å². The molecular formula is C12H17N3O3. The van der Waals surface area contributed by atoms with Crippen molar-refractivity contribution in [3.8, 4) is 5.88 Å². The number of ether oxygens (including phenoxy) is 2. The Labute approximate surface area is 106 Å². The summed E-state index contributed by atoms with van der Waals surface area (Å²) in [7, 11) is 1.56. The summed E-state index contributed by atoms with van der Waals surface area (Å²) in [6.45, 7) is 2.17. The number of morpholine rings is 1. The van der Waals surface area contributed by atoms with Gasteiger partial charge >= 0.3 is 0 Å². The predicted octanol–water partition coefficient (Wildman–Crippen LogP) is -0.305. The number of methoxy groups -OCH3 is 1. The van der Waals surface area contributed by atoms with E-state index in [9.17, 15) is 4.79 Å². The molecule has 2 rings (SSSR count). The molecule has 1 fully saturated rings. The van der Waals surface area contributed by atoms with Gasteiger partial charge in [-0.15, -0.1) is 0 Å². The second-order valence-corrected chi connectivity index (χ2v) is 3.97. The summed E-state index contributed by atoms with van der Waals surface area (Å²) in [5.41, 5.74) is 0.852. The Bertz CT molecular complexity index is 405. The van der Waals surface area contributed by atoms with E-state index in [-0.39, 0.29) is 11.9 Å². The average molecular weight is 251 g/mol. The maximum absolute atomic E-state index is 11.9. The van der Waals surface area contributed by atoms with Crippen molar-refractivity contribution in [1.82, 2.24) is 15.6 Å². The molecule has 0 bridgehead atoms. The lowest BCUT2D eigenvalue weighted by molar-refractivity contribution is -0.126. The molecular weight excluding hydrogens is 234 g/mol. The molecule has 1 aliphatic rings. The highest BCUT2D eigenvalue weighted by atomic mass is 16.5. The molecule has 1 unspecified atom stereocenters. The highest BCUT2D eigenvalue weighted by molar-refractivity contribution is 5.82. The normalized spacial score (nSPS) is 19.3. The van der Waals surface area contributed by atoms with Crippen molar-refractivity contribution in [2.24, 2.45) is 0 Å². The Hall–Kier alpha value is -1.66. The third-order valence-corrected chi connectivity index (χ3v) is 2.73. The zero-order valence-corrected chi connectivity index (χ0v) is 10.3. The molecule has 1 amide bonds. The zero-order valence-electron chi connectivity index (χ0n) is 10.3. The van der Waals surface area contributed by atoms with Crippen molar-refractivity contribution in [2.45, 2.75) is 12.6 Å². The number of hydrogen-bond donors (Lipinski definition) is 2. The van der Waals surface area contributed by atoms with Gasteiger partial charge in [0.25, 0.3) is 0 Å². The summed E-state index contributed by atoms with van der Waals surface area (Å²) >= 11 is 0. The van der Waals surface area contributed by atoms with Crippen LogP contribution in [0.25, 0.3) is 0 Å². The zero-order chi connectivity index (χ0) is 12.8. The summed E-state index contributed by atoms with van der Waals surface area (Å²) in [5.74, 6) is 0.464. The van der Waals surface area contributed by atoms with Crippen LogP contribution >= 0.6 is 0 Å². The van der Waals surface area contributed by atoms with E-state index in [1.54, 1.807) is 13.3 Å². The maximum atomic E-state index is 11.9. The SMILES string of the molecule is COc1ncccc1CNC(=O)C1COCCN1. The molecule has 98 valence electrons. The van der Waals surface area contributed by atoms with E-state index in [2.05, 4.69) is 15.6 Å². The molecule has 0 saturated carbocycles. The molecule has 0 aromatic carbocycles. The molecule has 1 saturated heterocycles. The highest BCUT2D eigenvalue weighted by Gasteiger charge is 2.20. The number of aromatic nitrogens is 1. The van der Waals surface area contributed by atoms with E-state index in [4.69, 9.17) is 9.47 Å². The molecule has 2 heterocycles. The monoisotopic (exact) mass is 251 g/mol. The van der Waals surface area contributed by atoms with Gasteiger partial charge in [-0.25, -0.2) is 4.98 Å². The smallest absolute Gasteiger partial charge is 0.239 e. The highest BCUT2D eigenvalue weighted by Crippen LogP contribution is 2.12. The number of carbonyl (C=O) groups excluding carboxylic acids is 1. The third-order valence-electron chi connectivity index (χ3n) is 2.73. The second kappa shape index (κ2) is 6.32. The summed E-state index contributed by atoms with van der Waals surface area (Å²) in [4.78, 5) is 15.9. The standard InChI is InChI=1S/C12H17N3O3/c1-17-12-9(3-2-4-14-12)7-15-11(16)10-8-18-6-5-13-10/h2-4,10,13H,5-8H2,1H3,(H,15,16). The largest absolute Gasteiger partial charge is 0.481 e. The first-order valence-electron chi connectivity index (χ1n) is 5.88. The summed E-state index contributed by atoms with van der Waals surface area (Å²) in [6, 6.07) is 3.41. The molecule has 1 aliphatic heterocycles. The van der Waals surface area contributed by atoms with Crippen LogP contribution in [0.4, 0.5) is 0 Å². The fraction of sp³-hybridized carbons (Fsp3) is 0.500. The molecule has 1 aromatic rings. The number of nitrogens with one attached hydrogen (secondary N) is 2. The number of hydrogen-bond acceptors (Lipinski definition) is 5. The number of rotatable bonds is 4. The second-order valence-electron chi connectivity index (χ2n) is 3.97. The van der Waals surface area contributed by atoms with Gasteiger partial charge in [0.1, 0.15) is 6.04 Å². The Morgan fingerprint density at radius 2 is 2.61 bits per heavy atom. The molecule has 18 heavy (non-hydrogen) atoms. The molecule has 0 aliphatic carbocycles. The van der Waals surface area contributed by atoms with Crippen LogP contribution in [0.1, 0.15) is 5.56 Å². The first kappa shape index (κ1) is 12.8. The van der Waals surface area contributed by atoms with Crippen LogP contribution in [0, 0.1) is 0 Å².